The number of carboxylic acids is 1. The lowest BCUT2D eigenvalue weighted by atomic mass is 10.2. The zero-order valence-corrected chi connectivity index (χ0v) is 9.20. The Balaban J connectivity index is 1.98. The minimum Gasteiger partial charge on any atom is -0.478 e. The highest BCUT2D eigenvalue weighted by Crippen LogP contribution is 2.12. The molecule has 0 fully saturated rings. The summed E-state index contributed by atoms with van der Waals surface area (Å²) >= 11 is 1.62. The minimum absolute atomic E-state index is 0.208. The second-order valence-electron chi connectivity index (χ2n) is 3.21. The van der Waals surface area contributed by atoms with Crippen LogP contribution in [0.4, 0.5) is 5.69 Å². The number of anilines is 1. The number of hydrogen-bond acceptors (Lipinski definition) is 4. The third-order valence-electron chi connectivity index (χ3n) is 2.07. The van der Waals surface area contributed by atoms with Crippen molar-refractivity contribution in [3.8, 4) is 0 Å². The molecule has 4 nitrogen and oxygen atoms in total. The van der Waals surface area contributed by atoms with Gasteiger partial charge in [0.15, 0.2) is 0 Å². The molecule has 82 valence electrons. The first-order valence-electron chi connectivity index (χ1n) is 4.70. The minimum atomic E-state index is -0.954. The number of hydrogen-bond donors (Lipinski definition) is 2. The maximum absolute atomic E-state index is 10.6. The number of carbonyl (C=O) groups is 1. The molecule has 0 aliphatic heterocycles. The summed E-state index contributed by atoms with van der Waals surface area (Å²) in [5.74, 6) is -0.954. The van der Waals surface area contributed by atoms with Crippen LogP contribution in [0.1, 0.15) is 16.1 Å². The maximum atomic E-state index is 10.6. The van der Waals surface area contributed by atoms with E-state index in [2.05, 4.69) is 10.3 Å². The van der Waals surface area contributed by atoms with Gasteiger partial charge in [-0.2, -0.15) is 11.3 Å². The van der Waals surface area contributed by atoms with E-state index in [-0.39, 0.29) is 5.56 Å². The lowest BCUT2D eigenvalue weighted by Gasteiger charge is -2.03. The molecule has 0 saturated heterocycles. The molecule has 0 amide bonds. The van der Waals surface area contributed by atoms with Crippen molar-refractivity contribution in [3.05, 3.63) is 46.4 Å². The van der Waals surface area contributed by atoms with Gasteiger partial charge in [0.25, 0.3) is 0 Å². The molecule has 16 heavy (non-hydrogen) atoms. The largest absolute Gasteiger partial charge is 0.478 e. The fraction of sp³-hybridized carbons (Fsp3) is 0.0909. The van der Waals surface area contributed by atoms with E-state index in [1.54, 1.807) is 23.5 Å². The molecule has 0 aromatic carbocycles. The zero-order valence-electron chi connectivity index (χ0n) is 8.38. The lowest BCUT2D eigenvalue weighted by molar-refractivity contribution is 0.0696. The summed E-state index contributed by atoms with van der Waals surface area (Å²) in [7, 11) is 0. The number of rotatable bonds is 4. The Morgan fingerprint density at radius 3 is 2.88 bits per heavy atom. The predicted molar refractivity (Wildman–Crippen MR) is 62.8 cm³/mol. The molecule has 0 aliphatic carbocycles. The first-order valence-corrected chi connectivity index (χ1v) is 5.64. The molecule has 0 bridgehead atoms. The summed E-state index contributed by atoms with van der Waals surface area (Å²) < 4.78 is 0. The highest BCUT2D eigenvalue weighted by atomic mass is 32.1. The summed E-state index contributed by atoms with van der Waals surface area (Å²) in [5, 5.41) is 15.9. The Morgan fingerprint density at radius 2 is 2.31 bits per heavy atom. The number of nitrogens with zero attached hydrogens (tertiary/aromatic N) is 1. The highest BCUT2D eigenvalue weighted by Gasteiger charge is 2.02. The van der Waals surface area contributed by atoms with Crippen molar-refractivity contribution in [1.82, 2.24) is 4.98 Å². The van der Waals surface area contributed by atoms with Gasteiger partial charge in [0.1, 0.15) is 0 Å². The monoisotopic (exact) mass is 234 g/mol. The van der Waals surface area contributed by atoms with Crippen molar-refractivity contribution < 1.29 is 9.90 Å². The van der Waals surface area contributed by atoms with Gasteiger partial charge >= 0.3 is 5.97 Å². The molecule has 0 radical (unpaired) electrons. The van der Waals surface area contributed by atoms with Crippen LogP contribution < -0.4 is 5.32 Å². The normalized spacial score (nSPS) is 10.0. The van der Waals surface area contributed by atoms with Crippen LogP contribution in [0.25, 0.3) is 0 Å². The number of thiophene rings is 1. The van der Waals surface area contributed by atoms with Crippen molar-refractivity contribution in [3.63, 3.8) is 0 Å². The molecular weight excluding hydrogens is 224 g/mol. The van der Waals surface area contributed by atoms with E-state index in [1.807, 2.05) is 16.8 Å². The van der Waals surface area contributed by atoms with E-state index in [4.69, 9.17) is 5.11 Å². The van der Waals surface area contributed by atoms with E-state index < -0.39 is 5.97 Å². The third-order valence-corrected chi connectivity index (χ3v) is 2.75. The molecule has 2 aromatic heterocycles. The van der Waals surface area contributed by atoms with E-state index in [0.29, 0.717) is 6.54 Å². The quantitative estimate of drug-likeness (QED) is 0.853. The number of aromatic carboxylic acids is 1. The molecule has 0 aliphatic rings. The van der Waals surface area contributed by atoms with Crippen LogP contribution in [0.3, 0.4) is 0 Å². The molecular formula is C11H10N2O2S. The highest BCUT2D eigenvalue weighted by molar-refractivity contribution is 7.08. The van der Waals surface area contributed by atoms with Gasteiger partial charge in [0, 0.05) is 17.3 Å². The molecule has 0 unspecified atom stereocenters. The van der Waals surface area contributed by atoms with Crippen LogP contribution in [0, 0.1) is 0 Å². The Kier molecular flexibility index (Phi) is 3.16. The van der Waals surface area contributed by atoms with Crippen LogP contribution >= 0.6 is 11.3 Å². The summed E-state index contributed by atoms with van der Waals surface area (Å²) in [6, 6.07) is 5.25. The van der Waals surface area contributed by atoms with Crippen molar-refractivity contribution in [2.24, 2.45) is 0 Å². The molecule has 2 heterocycles. The molecule has 2 rings (SSSR count). The predicted octanol–water partition coefficient (Wildman–Crippen LogP) is 2.45. The Bertz CT molecular complexity index is 465. The second kappa shape index (κ2) is 4.76. The third kappa shape index (κ3) is 2.58. The van der Waals surface area contributed by atoms with Gasteiger partial charge in [-0.25, -0.2) is 4.79 Å². The first-order chi connectivity index (χ1) is 7.75. The summed E-state index contributed by atoms with van der Waals surface area (Å²) in [4.78, 5) is 14.7. The summed E-state index contributed by atoms with van der Waals surface area (Å²) in [6.45, 7) is 0.594. The molecule has 5 heteroatoms. The molecule has 0 spiro atoms. The maximum Gasteiger partial charge on any atom is 0.337 e. The Hall–Kier alpha value is -1.88. The van der Waals surface area contributed by atoms with Crippen LogP contribution in [0.15, 0.2) is 35.2 Å². The second-order valence-corrected chi connectivity index (χ2v) is 3.99. The van der Waals surface area contributed by atoms with Gasteiger partial charge in [0.2, 0.25) is 0 Å². The average Bonchev–Trinajstić information content (AvgIpc) is 2.80. The Morgan fingerprint density at radius 1 is 1.44 bits per heavy atom. The van der Waals surface area contributed by atoms with Crippen molar-refractivity contribution in [2.75, 3.05) is 5.32 Å². The standard InChI is InChI=1S/C11H10N2O2S/c14-11(15)8-1-2-9(12-5-8)6-13-10-3-4-16-7-10/h1-5,7,13H,6H2,(H,14,15). The number of carboxylic acid groups (broad SMARTS) is 1. The smallest absolute Gasteiger partial charge is 0.337 e. The van der Waals surface area contributed by atoms with E-state index in [1.165, 1.54) is 6.20 Å². The van der Waals surface area contributed by atoms with Crippen LogP contribution in [-0.4, -0.2) is 16.1 Å². The topological polar surface area (TPSA) is 62.2 Å². The van der Waals surface area contributed by atoms with Crippen LogP contribution in [-0.2, 0) is 6.54 Å². The average molecular weight is 234 g/mol. The van der Waals surface area contributed by atoms with Gasteiger partial charge in [-0.15, -0.1) is 0 Å². The fourth-order valence-corrected chi connectivity index (χ4v) is 1.83. The Labute approximate surface area is 96.6 Å². The number of aromatic nitrogens is 1. The SMILES string of the molecule is O=C(O)c1ccc(CNc2ccsc2)nc1. The molecule has 2 N–H and O–H groups in total. The first kappa shape index (κ1) is 10.6. The fourth-order valence-electron chi connectivity index (χ4n) is 1.21. The van der Waals surface area contributed by atoms with E-state index >= 15 is 0 Å². The van der Waals surface area contributed by atoms with Gasteiger partial charge < -0.3 is 10.4 Å². The van der Waals surface area contributed by atoms with E-state index in [9.17, 15) is 4.79 Å². The van der Waals surface area contributed by atoms with Gasteiger partial charge in [0.05, 0.1) is 17.8 Å². The number of nitrogens with one attached hydrogen (secondary N) is 1. The summed E-state index contributed by atoms with van der Waals surface area (Å²) in [6.07, 6.45) is 1.37. The lowest BCUT2D eigenvalue weighted by Crippen LogP contribution is -2.03. The molecule has 2 aromatic rings. The number of pyridine rings is 1. The molecule has 0 saturated carbocycles. The van der Waals surface area contributed by atoms with Gasteiger partial charge in [-0.3, -0.25) is 4.98 Å². The van der Waals surface area contributed by atoms with Crippen LogP contribution in [0.5, 0.6) is 0 Å². The zero-order chi connectivity index (χ0) is 11.4. The molecule has 0 atom stereocenters. The van der Waals surface area contributed by atoms with E-state index in [0.717, 1.165) is 11.4 Å². The summed E-state index contributed by atoms with van der Waals surface area (Å²) in [5.41, 5.74) is 2.07. The van der Waals surface area contributed by atoms with Crippen molar-refractivity contribution >= 4 is 23.0 Å². The van der Waals surface area contributed by atoms with Crippen molar-refractivity contribution in [1.29, 1.82) is 0 Å². The van der Waals surface area contributed by atoms with Crippen LogP contribution in [0.2, 0.25) is 0 Å². The van der Waals surface area contributed by atoms with Gasteiger partial charge in [-0.1, -0.05) is 0 Å². The van der Waals surface area contributed by atoms with Gasteiger partial charge in [-0.05, 0) is 23.6 Å². The van der Waals surface area contributed by atoms with Crippen molar-refractivity contribution in [2.45, 2.75) is 6.54 Å².